The molecule has 94 valence electrons. The van der Waals surface area contributed by atoms with Crippen molar-refractivity contribution in [2.24, 2.45) is 0 Å². The van der Waals surface area contributed by atoms with Gasteiger partial charge in [0.25, 0.3) is 0 Å². The summed E-state index contributed by atoms with van der Waals surface area (Å²) in [6.07, 6.45) is 0. The first-order valence-electron chi connectivity index (χ1n) is 5.17. The van der Waals surface area contributed by atoms with E-state index in [9.17, 15) is 13.0 Å². The average Bonchev–Trinajstić information content (AvgIpc) is 2.32. The fourth-order valence-electron chi connectivity index (χ4n) is 1.59. The maximum Gasteiger partial charge on any atom is 0.364 e. The van der Waals surface area contributed by atoms with Crippen LogP contribution in [0.25, 0.3) is 0 Å². The Kier molecular flexibility index (Phi) is 3.22. The second-order valence-electron chi connectivity index (χ2n) is 3.67. The lowest BCUT2D eigenvalue weighted by Gasteiger charge is -2.20. The van der Waals surface area contributed by atoms with E-state index < -0.39 is 10.3 Å². The molecule has 0 spiro atoms. The van der Waals surface area contributed by atoms with E-state index in [1.807, 2.05) is 0 Å². The van der Waals surface area contributed by atoms with E-state index in [0.717, 1.165) is 4.31 Å². The van der Waals surface area contributed by atoms with Gasteiger partial charge in [-0.2, -0.15) is 8.42 Å². The predicted molar refractivity (Wildman–Crippen MR) is 71.0 cm³/mol. The van der Waals surface area contributed by atoms with Crippen molar-refractivity contribution in [1.82, 2.24) is 0 Å². The molecule has 0 aromatic heterocycles. The molecule has 0 atom stereocenters. The highest BCUT2D eigenvalue weighted by atomic mass is 32.2. The van der Waals surface area contributed by atoms with E-state index >= 15 is 0 Å². The highest BCUT2D eigenvalue weighted by Gasteiger charge is 2.21. The summed E-state index contributed by atoms with van der Waals surface area (Å²) in [5.74, 6) is 0. The summed E-state index contributed by atoms with van der Waals surface area (Å²) < 4.78 is 33.1. The molecule has 0 aliphatic carbocycles. The van der Waals surface area contributed by atoms with Crippen LogP contribution in [0.3, 0.4) is 0 Å². The smallest absolute Gasteiger partial charge is 0.364 e. The van der Waals surface area contributed by atoms with Crippen molar-refractivity contribution in [3.63, 3.8) is 0 Å². The molecular formula is C12H12N2O3S. The van der Waals surface area contributed by atoms with Gasteiger partial charge < -0.3 is 5.73 Å². The molecular weight excluding hydrogens is 252 g/mol. The van der Waals surface area contributed by atoms with Gasteiger partial charge in [0.2, 0.25) is 0 Å². The second kappa shape index (κ2) is 4.67. The minimum Gasteiger partial charge on any atom is -0.399 e. The minimum atomic E-state index is -4.39. The molecule has 0 saturated heterocycles. The number of nitrogens with two attached hydrogens (primary N) is 1. The summed E-state index contributed by atoms with van der Waals surface area (Å²) in [7, 11) is -4.39. The Labute approximate surface area is 105 Å². The first-order chi connectivity index (χ1) is 8.48. The van der Waals surface area contributed by atoms with Gasteiger partial charge in [-0.3, -0.25) is 4.55 Å². The Morgan fingerprint density at radius 3 is 1.89 bits per heavy atom. The summed E-state index contributed by atoms with van der Waals surface area (Å²) >= 11 is 0. The second-order valence-corrected chi connectivity index (χ2v) is 4.93. The number of para-hydroxylation sites is 1. The summed E-state index contributed by atoms with van der Waals surface area (Å²) in [6, 6.07) is 14.5. The van der Waals surface area contributed by atoms with Gasteiger partial charge in [-0.05, 0) is 36.4 Å². The molecule has 3 N–H and O–H groups in total. The number of rotatable bonds is 3. The van der Waals surface area contributed by atoms with Crippen LogP contribution in [-0.2, 0) is 10.3 Å². The zero-order chi connectivity index (χ0) is 13.2. The third-order valence-corrected chi connectivity index (χ3v) is 3.23. The van der Waals surface area contributed by atoms with Crippen molar-refractivity contribution >= 4 is 27.4 Å². The third-order valence-electron chi connectivity index (χ3n) is 2.35. The van der Waals surface area contributed by atoms with E-state index in [1.165, 1.54) is 12.1 Å². The van der Waals surface area contributed by atoms with Gasteiger partial charge in [-0.25, -0.2) is 4.31 Å². The Hall–Kier alpha value is -2.05. The molecule has 2 aromatic rings. The normalized spacial score (nSPS) is 11.2. The quantitative estimate of drug-likeness (QED) is 0.657. The summed E-state index contributed by atoms with van der Waals surface area (Å²) in [5.41, 5.74) is 6.73. The highest BCUT2D eigenvalue weighted by molar-refractivity contribution is 7.87. The molecule has 0 aliphatic heterocycles. The highest BCUT2D eigenvalue weighted by Crippen LogP contribution is 2.28. The van der Waals surface area contributed by atoms with E-state index in [-0.39, 0.29) is 0 Å². The van der Waals surface area contributed by atoms with E-state index in [2.05, 4.69) is 0 Å². The number of hydrogen-bond acceptors (Lipinski definition) is 3. The number of benzene rings is 2. The molecule has 5 nitrogen and oxygen atoms in total. The molecule has 2 rings (SSSR count). The van der Waals surface area contributed by atoms with Crippen molar-refractivity contribution in [1.29, 1.82) is 0 Å². The van der Waals surface area contributed by atoms with Gasteiger partial charge in [0.05, 0.1) is 11.4 Å². The standard InChI is InChI=1S/C12H12N2O3S/c13-10-6-8-12(9-7-10)14(18(15,16)17)11-4-2-1-3-5-11/h1-9H,13H2,(H,15,16,17). The van der Waals surface area contributed by atoms with E-state index in [0.29, 0.717) is 17.1 Å². The number of hydrogen-bond donors (Lipinski definition) is 2. The predicted octanol–water partition coefficient (Wildman–Crippen LogP) is 2.21. The molecule has 0 unspecified atom stereocenters. The lowest BCUT2D eigenvalue weighted by Crippen LogP contribution is -2.25. The third kappa shape index (κ3) is 2.61. The Morgan fingerprint density at radius 1 is 0.889 bits per heavy atom. The molecule has 0 amide bonds. The van der Waals surface area contributed by atoms with E-state index in [4.69, 9.17) is 5.73 Å². The maximum absolute atomic E-state index is 11.5. The van der Waals surface area contributed by atoms with Crippen molar-refractivity contribution in [2.75, 3.05) is 10.0 Å². The monoisotopic (exact) mass is 264 g/mol. The van der Waals surface area contributed by atoms with Gasteiger partial charge in [0.15, 0.2) is 0 Å². The molecule has 0 radical (unpaired) electrons. The van der Waals surface area contributed by atoms with Crippen LogP contribution in [0.4, 0.5) is 17.1 Å². The molecule has 0 fully saturated rings. The molecule has 2 aromatic carbocycles. The van der Waals surface area contributed by atoms with Crippen LogP contribution >= 0.6 is 0 Å². The van der Waals surface area contributed by atoms with Crippen LogP contribution in [0.5, 0.6) is 0 Å². The zero-order valence-corrected chi connectivity index (χ0v) is 10.2. The Bertz CT molecular complexity index is 624. The van der Waals surface area contributed by atoms with Crippen LogP contribution in [0.2, 0.25) is 0 Å². The molecule has 0 heterocycles. The summed E-state index contributed by atoms with van der Waals surface area (Å²) in [5, 5.41) is 0. The number of nitrogens with zero attached hydrogens (tertiary/aromatic N) is 1. The molecule has 0 aliphatic rings. The topological polar surface area (TPSA) is 83.6 Å². The van der Waals surface area contributed by atoms with Gasteiger partial charge in [0, 0.05) is 5.69 Å². The van der Waals surface area contributed by atoms with Crippen molar-refractivity contribution in [3.05, 3.63) is 54.6 Å². The van der Waals surface area contributed by atoms with Crippen LogP contribution in [-0.4, -0.2) is 13.0 Å². The van der Waals surface area contributed by atoms with Crippen LogP contribution in [0.15, 0.2) is 54.6 Å². The Balaban J connectivity index is 2.55. The SMILES string of the molecule is Nc1ccc(N(c2ccccc2)S(=O)(=O)O)cc1. The van der Waals surface area contributed by atoms with Crippen molar-refractivity contribution < 1.29 is 13.0 Å². The van der Waals surface area contributed by atoms with E-state index in [1.54, 1.807) is 42.5 Å². The number of nitrogen functional groups attached to an aromatic ring is 1. The largest absolute Gasteiger partial charge is 0.399 e. The van der Waals surface area contributed by atoms with Crippen LogP contribution in [0, 0.1) is 0 Å². The molecule has 0 saturated carbocycles. The van der Waals surface area contributed by atoms with Crippen LogP contribution in [0.1, 0.15) is 0 Å². The van der Waals surface area contributed by atoms with Crippen molar-refractivity contribution in [3.8, 4) is 0 Å². The fourth-order valence-corrected chi connectivity index (χ4v) is 2.36. The average molecular weight is 264 g/mol. The van der Waals surface area contributed by atoms with Gasteiger partial charge in [0.1, 0.15) is 0 Å². The summed E-state index contributed by atoms with van der Waals surface area (Å²) in [4.78, 5) is 0. The lowest BCUT2D eigenvalue weighted by atomic mass is 10.2. The lowest BCUT2D eigenvalue weighted by molar-refractivity contribution is 0.483. The molecule has 18 heavy (non-hydrogen) atoms. The number of anilines is 3. The minimum absolute atomic E-state index is 0.318. The summed E-state index contributed by atoms with van der Waals surface area (Å²) in [6.45, 7) is 0. The Morgan fingerprint density at radius 2 is 1.39 bits per heavy atom. The van der Waals surface area contributed by atoms with Gasteiger partial charge >= 0.3 is 10.3 Å². The fraction of sp³-hybridized carbons (Fsp3) is 0. The molecule has 6 heteroatoms. The van der Waals surface area contributed by atoms with Crippen LogP contribution < -0.4 is 10.0 Å². The maximum atomic E-state index is 11.5. The van der Waals surface area contributed by atoms with Gasteiger partial charge in [-0.15, -0.1) is 0 Å². The molecule has 0 bridgehead atoms. The first-order valence-corrected chi connectivity index (χ1v) is 6.56. The van der Waals surface area contributed by atoms with Gasteiger partial charge in [-0.1, -0.05) is 18.2 Å². The van der Waals surface area contributed by atoms with Crippen molar-refractivity contribution in [2.45, 2.75) is 0 Å². The first kappa shape index (κ1) is 12.4. The zero-order valence-electron chi connectivity index (χ0n) is 9.39.